The van der Waals surface area contributed by atoms with Crippen molar-refractivity contribution in [2.24, 2.45) is 5.14 Å². The van der Waals surface area contributed by atoms with Gasteiger partial charge in [0.15, 0.2) is 11.5 Å². The summed E-state index contributed by atoms with van der Waals surface area (Å²) in [5.41, 5.74) is 1.86. The molecule has 1 amide bonds. The molecule has 0 radical (unpaired) electrons. The molecule has 0 aromatic heterocycles. The van der Waals surface area contributed by atoms with Crippen LogP contribution in [0.3, 0.4) is 0 Å². The summed E-state index contributed by atoms with van der Waals surface area (Å²) < 4.78 is 33.9. The summed E-state index contributed by atoms with van der Waals surface area (Å²) >= 11 is 1.55. The SMILES string of the molecule is COc1ccc(CCNCCC(=O)N2CCCSc3cc(S(N)(=O)=O)ccc32)cc1OC. The van der Waals surface area contributed by atoms with Crippen LogP contribution in [0, 0.1) is 0 Å². The molecule has 10 heteroatoms. The predicted octanol–water partition coefficient (Wildman–Crippen LogP) is 2.40. The molecule has 3 rings (SSSR count). The van der Waals surface area contributed by atoms with Crippen LogP contribution in [0.1, 0.15) is 18.4 Å². The van der Waals surface area contributed by atoms with Crippen molar-refractivity contribution in [2.75, 3.05) is 44.5 Å². The van der Waals surface area contributed by atoms with E-state index in [4.69, 9.17) is 14.6 Å². The fourth-order valence-corrected chi connectivity index (χ4v) is 5.16. The molecule has 1 aliphatic heterocycles. The number of methoxy groups -OCH3 is 2. The first kappa shape index (κ1) is 24.4. The van der Waals surface area contributed by atoms with Crippen LogP contribution < -0.4 is 24.8 Å². The number of fused-ring (bicyclic) bond motifs is 1. The second-order valence-corrected chi connectivity index (χ2v) is 10.1. The van der Waals surface area contributed by atoms with Crippen LogP contribution in [0.4, 0.5) is 5.69 Å². The van der Waals surface area contributed by atoms with Gasteiger partial charge in [-0.2, -0.15) is 0 Å². The number of sulfonamides is 1. The van der Waals surface area contributed by atoms with Crippen LogP contribution in [0.15, 0.2) is 46.2 Å². The lowest BCUT2D eigenvalue weighted by atomic mass is 10.1. The first-order valence-electron chi connectivity index (χ1n) is 10.3. The number of carbonyl (C=O) groups is 1. The summed E-state index contributed by atoms with van der Waals surface area (Å²) in [6, 6.07) is 10.5. The Balaban J connectivity index is 1.54. The van der Waals surface area contributed by atoms with Crippen molar-refractivity contribution in [1.82, 2.24) is 5.32 Å². The van der Waals surface area contributed by atoms with Gasteiger partial charge in [-0.25, -0.2) is 13.6 Å². The average Bonchev–Trinajstić information content (AvgIpc) is 3.00. The lowest BCUT2D eigenvalue weighted by Crippen LogP contribution is -2.34. The van der Waals surface area contributed by atoms with E-state index in [1.165, 1.54) is 6.07 Å². The van der Waals surface area contributed by atoms with E-state index < -0.39 is 10.0 Å². The summed E-state index contributed by atoms with van der Waals surface area (Å²) in [5.74, 6) is 2.22. The largest absolute Gasteiger partial charge is 0.493 e. The van der Waals surface area contributed by atoms with Gasteiger partial charge in [0.25, 0.3) is 0 Å². The second kappa shape index (κ2) is 11.0. The number of nitrogens with zero attached hydrogens (tertiary/aromatic N) is 1. The Labute approximate surface area is 193 Å². The van der Waals surface area contributed by atoms with Gasteiger partial charge in [0.2, 0.25) is 15.9 Å². The van der Waals surface area contributed by atoms with Gasteiger partial charge in [0.1, 0.15) is 0 Å². The van der Waals surface area contributed by atoms with Crippen LogP contribution in [0.25, 0.3) is 0 Å². The number of benzene rings is 2. The molecule has 0 fully saturated rings. The third kappa shape index (κ3) is 6.16. The molecule has 0 aliphatic carbocycles. The number of carbonyl (C=O) groups excluding carboxylic acids is 1. The normalized spacial score (nSPS) is 13.9. The number of rotatable bonds is 9. The van der Waals surface area contributed by atoms with Gasteiger partial charge < -0.3 is 19.7 Å². The molecule has 32 heavy (non-hydrogen) atoms. The quantitative estimate of drug-likeness (QED) is 0.531. The first-order valence-corrected chi connectivity index (χ1v) is 12.9. The maximum Gasteiger partial charge on any atom is 0.238 e. The summed E-state index contributed by atoms with van der Waals surface area (Å²) in [6.07, 6.45) is 1.99. The summed E-state index contributed by atoms with van der Waals surface area (Å²) in [7, 11) is -0.560. The molecule has 0 spiro atoms. The molecule has 2 aromatic carbocycles. The van der Waals surface area contributed by atoms with E-state index in [0.29, 0.717) is 31.0 Å². The molecule has 8 nitrogen and oxygen atoms in total. The Morgan fingerprint density at radius 3 is 2.62 bits per heavy atom. The number of nitrogens with two attached hydrogens (primary N) is 1. The Kier molecular flexibility index (Phi) is 8.41. The van der Waals surface area contributed by atoms with E-state index in [2.05, 4.69) is 5.32 Å². The zero-order chi connectivity index (χ0) is 23.1. The molecule has 2 aromatic rings. The average molecular weight is 480 g/mol. The van der Waals surface area contributed by atoms with Gasteiger partial charge in [-0.05, 0) is 61.0 Å². The maximum absolute atomic E-state index is 12.9. The van der Waals surface area contributed by atoms with Crippen molar-refractivity contribution in [1.29, 1.82) is 0 Å². The minimum absolute atomic E-state index is 0.00993. The molecule has 0 saturated carbocycles. The monoisotopic (exact) mass is 479 g/mol. The van der Waals surface area contributed by atoms with Crippen molar-refractivity contribution in [2.45, 2.75) is 29.1 Å². The highest BCUT2D eigenvalue weighted by atomic mass is 32.2. The molecule has 0 unspecified atom stereocenters. The van der Waals surface area contributed by atoms with E-state index in [9.17, 15) is 13.2 Å². The zero-order valence-electron chi connectivity index (χ0n) is 18.3. The van der Waals surface area contributed by atoms with Crippen molar-refractivity contribution in [3.63, 3.8) is 0 Å². The van der Waals surface area contributed by atoms with Gasteiger partial charge in [-0.3, -0.25) is 4.79 Å². The first-order chi connectivity index (χ1) is 15.3. The van der Waals surface area contributed by atoms with E-state index >= 15 is 0 Å². The lowest BCUT2D eigenvalue weighted by molar-refractivity contribution is -0.118. The third-order valence-corrected chi connectivity index (χ3v) is 7.23. The van der Waals surface area contributed by atoms with Gasteiger partial charge in [-0.15, -0.1) is 11.8 Å². The molecule has 1 aliphatic rings. The molecule has 3 N–H and O–H groups in total. The lowest BCUT2D eigenvalue weighted by Gasteiger charge is -2.23. The van der Waals surface area contributed by atoms with Crippen LogP contribution in [0.5, 0.6) is 11.5 Å². The Hall–Kier alpha value is -2.27. The number of hydrogen-bond acceptors (Lipinski definition) is 7. The third-order valence-electron chi connectivity index (χ3n) is 5.19. The molecular weight excluding hydrogens is 450 g/mol. The zero-order valence-corrected chi connectivity index (χ0v) is 19.9. The number of nitrogens with one attached hydrogen (secondary N) is 1. The van der Waals surface area contributed by atoms with E-state index in [1.54, 1.807) is 43.0 Å². The van der Waals surface area contributed by atoms with Crippen molar-refractivity contribution in [3.8, 4) is 11.5 Å². The highest BCUT2D eigenvalue weighted by Crippen LogP contribution is 2.35. The maximum atomic E-state index is 12.9. The molecule has 0 atom stereocenters. The molecule has 0 saturated heterocycles. The Morgan fingerprint density at radius 2 is 1.91 bits per heavy atom. The van der Waals surface area contributed by atoms with Crippen molar-refractivity contribution < 1.29 is 22.7 Å². The standard InChI is InChI=1S/C22H29N3O5S2/c1-29-19-7-4-16(14-20(19)30-2)8-10-24-11-9-22(26)25-12-3-13-31-21-15-17(32(23,27)28)5-6-18(21)25/h4-7,14-15,24H,3,8-13H2,1-2H3,(H2,23,27,28). The number of thioether (sulfide) groups is 1. The van der Waals surface area contributed by atoms with Crippen LogP contribution in [-0.4, -0.2) is 53.9 Å². The van der Waals surface area contributed by atoms with Crippen LogP contribution >= 0.6 is 11.8 Å². The highest BCUT2D eigenvalue weighted by Gasteiger charge is 2.23. The minimum atomic E-state index is -3.78. The summed E-state index contributed by atoms with van der Waals surface area (Å²) in [6.45, 7) is 1.90. The molecular formula is C22H29N3O5S2. The van der Waals surface area contributed by atoms with Gasteiger partial charge in [0.05, 0.1) is 24.8 Å². The van der Waals surface area contributed by atoms with Gasteiger partial charge >= 0.3 is 0 Å². The van der Waals surface area contributed by atoms with Gasteiger partial charge in [-0.1, -0.05) is 6.07 Å². The fraction of sp³-hybridized carbons (Fsp3) is 0.409. The summed E-state index contributed by atoms with van der Waals surface area (Å²) in [5, 5.41) is 8.57. The van der Waals surface area contributed by atoms with Crippen LogP contribution in [-0.2, 0) is 21.2 Å². The molecule has 1 heterocycles. The second-order valence-electron chi connectivity index (χ2n) is 7.36. The van der Waals surface area contributed by atoms with Crippen molar-refractivity contribution in [3.05, 3.63) is 42.0 Å². The Bertz CT molecular complexity index is 1060. The van der Waals surface area contributed by atoms with Gasteiger partial charge in [0, 0.05) is 24.4 Å². The van der Waals surface area contributed by atoms with E-state index in [-0.39, 0.29) is 10.8 Å². The summed E-state index contributed by atoms with van der Waals surface area (Å²) in [4.78, 5) is 15.5. The number of primary sulfonamides is 1. The van der Waals surface area contributed by atoms with E-state index in [0.717, 1.165) is 41.3 Å². The minimum Gasteiger partial charge on any atom is -0.493 e. The van der Waals surface area contributed by atoms with Crippen LogP contribution in [0.2, 0.25) is 0 Å². The molecule has 0 bridgehead atoms. The Morgan fingerprint density at radius 1 is 1.12 bits per heavy atom. The van der Waals surface area contributed by atoms with E-state index in [1.807, 2.05) is 18.2 Å². The van der Waals surface area contributed by atoms with Crippen molar-refractivity contribution >= 4 is 33.4 Å². The highest BCUT2D eigenvalue weighted by molar-refractivity contribution is 7.99. The molecule has 174 valence electrons. The fourth-order valence-electron chi connectivity index (χ4n) is 3.52. The number of ether oxygens (including phenoxy) is 2. The topological polar surface area (TPSA) is 111 Å². The number of amides is 1. The number of hydrogen-bond donors (Lipinski definition) is 2. The smallest absolute Gasteiger partial charge is 0.238 e. The number of anilines is 1. The predicted molar refractivity (Wildman–Crippen MR) is 126 cm³/mol.